The molecule has 0 unspecified atom stereocenters. The normalized spacial score (nSPS) is 28.9. The molecule has 0 aromatic rings. The minimum Gasteiger partial charge on any atom is -0.390 e. The Labute approximate surface area is 86.0 Å². The molecule has 1 aliphatic rings. The van der Waals surface area contributed by atoms with Gasteiger partial charge in [-0.3, -0.25) is 0 Å². The quantitative estimate of drug-likeness (QED) is 0.679. The van der Waals surface area contributed by atoms with E-state index >= 15 is 0 Å². The SMILES string of the molecule is C/C=C/CCC1=C(C)CC[C@H](O)[C@H]1O. The smallest absolute Gasteiger partial charge is 0.101 e. The molecule has 0 saturated carbocycles. The number of aliphatic hydroxyl groups is 2. The fourth-order valence-electron chi connectivity index (χ4n) is 1.93. The second-order valence-electron chi connectivity index (χ2n) is 3.96. The summed E-state index contributed by atoms with van der Waals surface area (Å²) in [4.78, 5) is 0. The maximum Gasteiger partial charge on any atom is 0.101 e. The average Bonchev–Trinajstić information content (AvgIpc) is 2.18. The third-order valence-electron chi connectivity index (χ3n) is 2.90. The van der Waals surface area contributed by atoms with Gasteiger partial charge in [-0.1, -0.05) is 17.7 Å². The van der Waals surface area contributed by atoms with Gasteiger partial charge in [0.2, 0.25) is 0 Å². The fraction of sp³-hybridized carbons (Fsp3) is 0.667. The van der Waals surface area contributed by atoms with Crippen LogP contribution in [0.2, 0.25) is 0 Å². The standard InChI is InChI=1S/C12H20O2/c1-3-4-5-6-10-9(2)7-8-11(13)12(10)14/h3-4,11-14H,5-8H2,1-2H3/b4-3+/t11-,12-/m0/s1. The van der Waals surface area contributed by atoms with Gasteiger partial charge in [0.25, 0.3) is 0 Å². The molecule has 0 spiro atoms. The maximum atomic E-state index is 9.78. The molecule has 1 rings (SSSR count). The van der Waals surface area contributed by atoms with Crippen LogP contribution < -0.4 is 0 Å². The summed E-state index contributed by atoms with van der Waals surface area (Å²) in [6, 6.07) is 0. The van der Waals surface area contributed by atoms with Crippen LogP contribution in [0.25, 0.3) is 0 Å². The highest BCUT2D eigenvalue weighted by Gasteiger charge is 2.25. The minimum atomic E-state index is -0.631. The van der Waals surface area contributed by atoms with Crippen molar-refractivity contribution in [3.63, 3.8) is 0 Å². The number of hydrogen-bond acceptors (Lipinski definition) is 2. The summed E-state index contributed by atoms with van der Waals surface area (Å²) in [5, 5.41) is 19.3. The zero-order valence-corrected chi connectivity index (χ0v) is 9.03. The average molecular weight is 196 g/mol. The summed E-state index contributed by atoms with van der Waals surface area (Å²) in [7, 11) is 0. The summed E-state index contributed by atoms with van der Waals surface area (Å²) in [5.74, 6) is 0. The Hall–Kier alpha value is -0.600. The maximum absolute atomic E-state index is 9.78. The van der Waals surface area contributed by atoms with E-state index in [0.29, 0.717) is 6.42 Å². The van der Waals surface area contributed by atoms with Gasteiger partial charge in [0, 0.05) is 0 Å². The Kier molecular flexibility index (Phi) is 4.36. The van der Waals surface area contributed by atoms with E-state index in [0.717, 1.165) is 24.8 Å². The monoisotopic (exact) mass is 196 g/mol. The Morgan fingerprint density at radius 3 is 2.79 bits per heavy atom. The summed E-state index contributed by atoms with van der Waals surface area (Å²) >= 11 is 0. The van der Waals surface area contributed by atoms with Crippen LogP contribution in [0.4, 0.5) is 0 Å². The summed E-state index contributed by atoms with van der Waals surface area (Å²) in [6.07, 6.45) is 6.36. The molecule has 0 radical (unpaired) electrons. The van der Waals surface area contributed by atoms with E-state index in [-0.39, 0.29) is 0 Å². The Balaban J connectivity index is 2.62. The first-order valence-corrected chi connectivity index (χ1v) is 5.32. The molecule has 80 valence electrons. The Bertz CT molecular complexity index is 241. The number of allylic oxidation sites excluding steroid dienone is 3. The molecule has 2 heteroatoms. The van der Waals surface area contributed by atoms with Crippen LogP contribution in [0.1, 0.15) is 39.5 Å². The first-order valence-electron chi connectivity index (χ1n) is 5.32. The predicted octanol–water partition coefficient (Wildman–Crippen LogP) is 2.17. The van der Waals surface area contributed by atoms with Gasteiger partial charge < -0.3 is 10.2 Å². The van der Waals surface area contributed by atoms with Crippen molar-refractivity contribution >= 4 is 0 Å². The largest absolute Gasteiger partial charge is 0.390 e. The predicted molar refractivity (Wildman–Crippen MR) is 58.0 cm³/mol. The first kappa shape index (κ1) is 11.5. The van der Waals surface area contributed by atoms with Gasteiger partial charge >= 0.3 is 0 Å². The third-order valence-corrected chi connectivity index (χ3v) is 2.90. The molecule has 1 aliphatic carbocycles. The van der Waals surface area contributed by atoms with Gasteiger partial charge in [-0.05, 0) is 45.1 Å². The summed E-state index contributed by atoms with van der Waals surface area (Å²) in [6.45, 7) is 4.05. The first-order chi connectivity index (χ1) is 6.66. The molecule has 0 amide bonds. The second kappa shape index (κ2) is 5.32. The van der Waals surface area contributed by atoms with Crippen molar-refractivity contribution < 1.29 is 10.2 Å². The van der Waals surface area contributed by atoms with Gasteiger partial charge in [-0.25, -0.2) is 0 Å². The molecule has 0 aromatic heterocycles. The van der Waals surface area contributed by atoms with Crippen molar-refractivity contribution in [3.05, 3.63) is 23.3 Å². The lowest BCUT2D eigenvalue weighted by molar-refractivity contribution is 0.0276. The summed E-state index contributed by atoms with van der Waals surface area (Å²) < 4.78 is 0. The van der Waals surface area contributed by atoms with Crippen LogP contribution in [0.5, 0.6) is 0 Å². The molecule has 14 heavy (non-hydrogen) atoms. The van der Waals surface area contributed by atoms with Gasteiger partial charge in [0.1, 0.15) is 6.10 Å². The van der Waals surface area contributed by atoms with Crippen molar-refractivity contribution in [1.82, 2.24) is 0 Å². The molecule has 0 aromatic carbocycles. The molecule has 0 bridgehead atoms. The molecule has 2 nitrogen and oxygen atoms in total. The van der Waals surface area contributed by atoms with Crippen LogP contribution in [-0.2, 0) is 0 Å². The topological polar surface area (TPSA) is 40.5 Å². The van der Waals surface area contributed by atoms with Crippen molar-refractivity contribution in [2.24, 2.45) is 0 Å². The molecule has 0 heterocycles. The highest BCUT2D eigenvalue weighted by molar-refractivity contribution is 5.22. The Morgan fingerprint density at radius 2 is 2.14 bits per heavy atom. The van der Waals surface area contributed by atoms with Crippen molar-refractivity contribution in [2.75, 3.05) is 0 Å². The van der Waals surface area contributed by atoms with Crippen molar-refractivity contribution in [3.8, 4) is 0 Å². The number of hydrogen-bond donors (Lipinski definition) is 2. The van der Waals surface area contributed by atoms with E-state index in [1.807, 2.05) is 13.0 Å². The lowest BCUT2D eigenvalue weighted by Gasteiger charge is -2.28. The molecule has 0 aliphatic heterocycles. The molecular weight excluding hydrogens is 176 g/mol. The van der Waals surface area contributed by atoms with Crippen molar-refractivity contribution in [1.29, 1.82) is 0 Å². The van der Waals surface area contributed by atoms with Gasteiger partial charge in [0.05, 0.1) is 6.10 Å². The molecular formula is C12H20O2. The number of aliphatic hydroxyl groups excluding tert-OH is 2. The summed E-state index contributed by atoms with van der Waals surface area (Å²) in [5.41, 5.74) is 2.30. The van der Waals surface area contributed by atoms with Crippen LogP contribution in [0.15, 0.2) is 23.3 Å². The van der Waals surface area contributed by atoms with E-state index in [1.165, 1.54) is 5.57 Å². The second-order valence-corrected chi connectivity index (χ2v) is 3.96. The van der Waals surface area contributed by atoms with Crippen LogP contribution in [0, 0.1) is 0 Å². The lowest BCUT2D eigenvalue weighted by atomic mass is 9.86. The van der Waals surface area contributed by atoms with Crippen LogP contribution in [0.3, 0.4) is 0 Å². The van der Waals surface area contributed by atoms with E-state index in [2.05, 4.69) is 13.0 Å². The van der Waals surface area contributed by atoms with E-state index < -0.39 is 12.2 Å². The van der Waals surface area contributed by atoms with E-state index in [4.69, 9.17) is 0 Å². The molecule has 2 atom stereocenters. The van der Waals surface area contributed by atoms with Crippen LogP contribution >= 0.6 is 0 Å². The zero-order valence-electron chi connectivity index (χ0n) is 9.03. The zero-order chi connectivity index (χ0) is 10.6. The number of rotatable bonds is 3. The minimum absolute atomic E-state index is 0.556. The van der Waals surface area contributed by atoms with Crippen molar-refractivity contribution in [2.45, 2.75) is 51.7 Å². The van der Waals surface area contributed by atoms with E-state index in [1.54, 1.807) is 0 Å². The molecule has 0 fully saturated rings. The third kappa shape index (κ3) is 2.69. The molecule has 2 N–H and O–H groups in total. The highest BCUT2D eigenvalue weighted by Crippen LogP contribution is 2.28. The van der Waals surface area contributed by atoms with E-state index in [9.17, 15) is 10.2 Å². The Morgan fingerprint density at radius 1 is 1.43 bits per heavy atom. The van der Waals surface area contributed by atoms with Gasteiger partial charge in [-0.2, -0.15) is 0 Å². The highest BCUT2D eigenvalue weighted by atomic mass is 16.3. The molecule has 0 saturated heterocycles. The van der Waals surface area contributed by atoms with Gasteiger partial charge in [-0.15, -0.1) is 0 Å². The fourth-order valence-corrected chi connectivity index (χ4v) is 1.93. The lowest BCUT2D eigenvalue weighted by Crippen LogP contribution is -2.31. The van der Waals surface area contributed by atoms with Crippen LogP contribution in [-0.4, -0.2) is 22.4 Å². The van der Waals surface area contributed by atoms with Gasteiger partial charge in [0.15, 0.2) is 0 Å².